The number of carbonyl (C=O) groups is 2. The molecule has 0 saturated heterocycles. The minimum absolute atomic E-state index is 0.0555. The standard InChI is InChI=1S/C24H27FN2O3S/c1-4-17(2)27(24(29)22-6-5-13-30-22)16-23(28)26(15-21-12-7-18(3)31-21)14-19-8-10-20(25)11-9-19/h5-13,17H,4,14-16H2,1-3H3. The van der Waals surface area contributed by atoms with E-state index in [-0.39, 0.29) is 36.0 Å². The number of carbonyl (C=O) groups excluding carboxylic acids is 2. The molecule has 0 saturated carbocycles. The number of rotatable bonds is 9. The molecule has 31 heavy (non-hydrogen) atoms. The summed E-state index contributed by atoms with van der Waals surface area (Å²) in [6, 6.07) is 13.3. The van der Waals surface area contributed by atoms with E-state index in [1.54, 1.807) is 45.4 Å². The van der Waals surface area contributed by atoms with Crippen LogP contribution < -0.4 is 0 Å². The van der Waals surface area contributed by atoms with Gasteiger partial charge in [0.25, 0.3) is 5.91 Å². The van der Waals surface area contributed by atoms with Crippen molar-refractivity contribution >= 4 is 23.2 Å². The number of furan rings is 1. The molecule has 1 atom stereocenters. The summed E-state index contributed by atoms with van der Waals surface area (Å²) in [6.45, 7) is 6.62. The molecule has 3 aromatic rings. The zero-order valence-corrected chi connectivity index (χ0v) is 18.8. The van der Waals surface area contributed by atoms with Crippen LogP contribution in [0.2, 0.25) is 0 Å². The number of aryl methyl sites for hydroxylation is 1. The average molecular weight is 443 g/mol. The maximum absolute atomic E-state index is 13.4. The lowest BCUT2D eigenvalue weighted by Crippen LogP contribution is -2.46. The number of hydrogen-bond donors (Lipinski definition) is 0. The Labute approximate surface area is 186 Å². The van der Waals surface area contributed by atoms with Crippen LogP contribution in [0.1, 0.15) is 46.1 Å². The van der Waals surface area contributed by atoms with E-state index in [4.69, 9.17) is 4.42 Å². The molecule has 1 unspecified atom stereocenters. The van der Waals surface area contributed by atoms with E-state index in [2.05, 4.69) is 0 Å². The average Bonchev–Trinajstić information content (AvgIpc) is 3.44. The van der Waals surface area contributed by atoms with Gasteiger partial charge in [-0.05, 0) is 62.2 Å². The van der Waals surface area contributed by atoms with Gasteiger partial charge in [-0.25, -0.2) is 4.39 Å². The first kappa shape index (κ1) is 22.7. The molecule has 0 aliphatic rings. The van der Waals surface area contributed by atoms with E-state index in [0.717, 1.165) is 10.4 Å². The number of benzene rings is 1. The molecule has 0 bridgehead atoms. The van der Waals surface area contributed by atoms with E-state index < -0.39 is 0 Å². The zero-order valence-electron chi connectivity index (χ0n) is 18.0. The highest BCUT2D eigenvalue weighted by Crippen LogP contribution is 2.20. The van der Waals surface area contributed by atoms with Crippen LogP contribution in [0.15, 0.2) is 59.2 Å². The van der Waals surface area contributed by atoms with Gasteiger partial charge in [-0.1, -0.05) is 19.1 Å². The largest absolute Gasteiger partial charge is 0.459 e. The van der Waals surface area contributed by atoms with Gasteiger partial charge < -0.3 is 14.2 Å². The van der Waals surface area contributed by atoms with E-state index >= 15 is 0 Å². The summed E-state index contributed by atoms with van der Waals surface area (Å²) in [5.41, 5.74) is 0.829. The Bertz CT molecular complexity index is 998. The fourth-order valence-electron chi connectivity index (χ4n) is 3.24. The number of amides is 2. The van der Waals surface area contributed by atoms with Gasteiger partial charge in [0.15, 0.2) is 5.76 Å². The molecular formula is C24H27FN2O3S. The maximum Gasteiger partial charge on any atom is 0.290 e. The first-order chi connectivity index (χ1) is 14.9. The van der Waals surface area contributed by atoms with Crippen LogP contribution in [0, 0.1) is 12.7 Å². The highest BCUT2D eigenvalue weighted by atomic mass is 32.1. The summed E-state index contributed by atoms with van der Waals surface area (Å²) < 4.78 is 18.6. The number of halogens is 1. The lowest BCUT2D eigenvalue weighted by Gasteiger charge is -2.30. The second-order valence-electron chi connectivity index (χ2n) is 7.56. The Kier molecular flexibility index (Phi) is 7.63. The van der Waals surface area contributed by atoms with Crippen LogP contribution in [0.25, 0.3) is 0 Å². The molecule has 0 spiro atoms. The lowest BCUT2D eigenvalue weighted by molar-refractivity contribution is -0.133. The fourth-order valence-corrected chi connectivity index (χ4v) is 4.14. The van der Waals surface area contributed by atoms with Gasteiger partial charge in [0.1, 0.15) is 12.4 Å². The van der Waals surface area contributed by atoms with Crippen molar-refractivity contribution in [3.63, 3.8) is 0 Å². The molecule has 2 heterocycles. The van der Waals surface area contributed by atoms with E-state index in [0.29, 0.717) is 19.5 Å². The molecule has 0 radical (unpaired) electrons. The summed E-state index contributed by atoms with van der Waals surface area (Å²) in [7, 11) is 0. The van der Waals surface area contributed by atoms with Gasteiger partial charge >= 0.3 is 0 Å². The van der Waals surface area contributed by atoms with Crippen molar-refractivity contribution in [2.24, 2.45) is 0 Å². The van der Waals surface area contributed by atoms with Crippen LogP contribution in [-0.2, 0) is 17.9 Å². The molecule has 5 nitrogen and oxygen atoms in total. The summed E-state index contributed by atoms with van der Waals surface area (Å²) in [5, 5.41) is 0. The Hall–Kier alpha value is -2.93. The van der Waals surface area contributed by atoms with Crippen molar-refractivity contribution in [2.45, 2.75) is 46.3 Å². The Morgan fingerprint density at radius 2 is 1.84 bits per heavy atom. The van der Waals surface area contributed by atoms with Crippen LogP contribution in [0.4, 0.5) is 4.39 Å². The summed E-state index contributed by atoms with van der Waals surface area (Å²) in [4.78, 5) is 31.8. The van der Waals surface area contributed by atoms with Crippen LogP contribution in [0.5, 0.6) is 0 Å². The van der Waals surface area contributed by atoms with Gasteiger partial charge in [0, 0.05) is 22.3 Å². The van der Waals surface area contributed by atoms with Gasteiger partial charge in [-0.15, -0.1) is 11.3 Å². The highest BCUT2D eigenvalue weighted by Gasteiger charge is 2.27. The quantitative estimate of drug-likeness (QED) is 0.454. The van der Waals surface area contributed by atoms with E-state index in [9.17, 15) is 14.0 Å². The van der Waals surface area contributed by atoms with Crippen LogP contribution in [-0.4, -0.2) is 34.2 Å². The van der Waals surface area contributed by atoms with Gasteiger partial charge in [-0.3, -0.25) is 9.59 Å². The number of thiophene rings is 1. The summed E-state index contributed by atoms with van der Waals surface area (Å²) >= 11 is 1.63. The Balaban J connectivity index is 1.82. The van der Waals surface area contributed by atoms with Gasteiger partial charge in [-0.2, -0.15) is 0 Å². The lowest BCUT2D eigenvalue weighted by atomic mass is 10.1. The topological polar surface area (TPSA) is 53.8 Å². The minimum atomic E-state index is -0.317. The fraction of sp³-hybridized carbons (Fsp3) is 0.333. The van der Waals surface area contributed by atoms with Crippen molar-refractivity contribution < 1.29 is 18.4 Å². The van der Waals surface area contributed by atoms with Crippen LogP contribution >= 0.6 is 11.3 Å². The molecule has 164 valence electrons. The summed E-state index contributed by atoms with van der Waals surface area (Å²) in [6.07, 6.45) is 2.16. The molecule has 0 aliphatic heterocycles. The molecule has 3 rings (SSSR count). The monoisotopic (exact) mass is 442 g/mol. The predicted molar refractivity (Wildman–Crippen MR) is 119 cm³/mol. The van der Waals surface area contributed by atoms with Crippen molar-refractivity contribution in [1.29, 1.82) is 0 Å². The molecular weight excluding hydrogens is 415 g/mol. The predicted octanol–water partition coefficient (Wildman–Crippen LogP) is 5.26. The van der Waals surface area contributed by atoms with Crippen molar-refractivity contribution in [3.05, 3.63) is 81.7 Å². The Morgan fingerprint density at radius 3 is 2.42 bits per heavy atom. The summed E-state index contributed by atoms with van der Waals surface area (Å²) in [5.74, 6) is -0.577. The van der Waals surface area contributed by atoms with E-state index in [1.807, 2.05) is 32.9 Å². The molecule has 0 N–H and O–H groups in total. The molecule has 0 aliphatic carbocycles. The highest BCUT2D eigenvalue weighted by molar-refractivity contribution is 7.11. The third kappa shape index (κ3) is 6.04. The van der Waals surface area contributed by atoms with E-state index in [1.165, 1.54) is 23.3 Å². The molecule has 2 aromatic heterocycles. The Morgan fingerprint density at radius 1 is 1.10 bits per heavy atom. The second kappa shape index (κ2) is 10.4. The van der Waals surface area contributed by atoms with Crippen molar-refractivity contribution in [2.75, 3.05) is 6.54 Å². The minimum Gasteiger partial charge on any atom is -0.459 e. The number of hydrogen-bond acceptors (Lipinski definition) is 4. The maximum atomic E-state index is 13.4. The normalized spacial score (nSPS) is 11.9. The molecule has 0 fully saturated rings. The third-order valence-electron chi connectivity index (χ3n) is 5.20. The molecule has 7 heteroatoms. The second-order valence-corrected chi connectivity index (χ2v) is 8.93. The molecule has 2 amide bonds. The molecule has 1 aromatic carbocycles. The van der Waals surface area contributed by atoms with Gasteiger partial charge in [0.05, 0.1) is 12.8 Å². The first-order valence-corrected chi connectivity index (χ1v) is 11.1. The third-order valence-corrected chi connectivity index (χ3v) is 6.19. The van der Waals surface area contributed by atoms with Crippen LogP contribution in [0.3, 0.4) is 0 Å². The smallest absolute Gasteiger partial charge is 0.290 e. The SMILES string of the molecule is CCC(C)N(CC(=O)N(Cc1ccc(F)cc1)Cc1ccc(C)s1)C(=O)c1ccco1. The zero-order chi connectivity index (χ0) is 22.4. The number of nitrogens with zero attached hydrogens (tertiary/aromatic N) is 2. The van der Waals surface area contributed by atoms with Crippen molar-refractivity contribution in [1.82, 2.24) is 9.80 Å². The first-order valence-electron chi connectivity index (χ1n) is 10.3. The van der Waals surface area contributed by atoms with Gasteiger partial charge in [0.2, 0.25) is 5.91 Å². The van der Waals surface area contributed by atoms with Crippen molar-refractivity contribution in [3.8, 4) is 0 Å².